The zero-order valence-corrected chi connectivity index (χ0v) is 16.6. The Labute approximate surface area is 173 Å². The Morgan fingerprint density at radius 2 is 2.13 bits per heavy atom. The highest BCUT2D eigenvalue weighted by Crippen LogP contribution is 2.33. The number of ketones is 1. The van der Waals surface area contributed by atoms with Crippen molar-refractivity contribution in [2.24, 2.45) is 13.0 Å². The van der Waals surface area contributed by atoms with Gasteiger partial charge in [-0.1, -0.05) is 6.07 Å². The lowest BCUT2D eigenvalue weighted by atomic mass is 10.1. The molecule has 4 rings (SSSR count). The van der Waals surface area contributed by atoms with Crippen LogP contribution in [0, 0.1) is 16.0 Å². The second-order valence-electron chi connectivity index (χ2n) is 7.35. The third-order valence-electron chi connectivity index (χ3n) is 5.32. The third kappa shape index (κ3) is 4.00. The topological polar surface area (TPSA) is 106 Å². The molecule has 1 N–H and O–H groups in total. The highest BCUT2D eigenvalue weighted by atomic mass is 16.6. The molecule has 3 aromatic rings. The van der Waals surface area contributed by atoms with E-state index in [4.69, 9.17) is 0 Å². The molecule has 0 bridgehead atoms. The second kappa shape index (κ2) is 8.32. The lowest BCUT2D eigenvalue weighted by Gasteiger charge is -2.19. The van der Waals surface area contributed by atoms with Gasteiger partial charge in [-0.2, -0.15) is 0 Å². The minimum Gasteiger partial charge on any atom is -0.370 e. The number of anilines is 2. The fraction of sp³-hybridized carbons (Fsp3) is 0.286. The first-order chi connectivity index (χ1) is 14.5. The van der Waals surface area contributed by atoms with Crippen molar-refractivity contribution in [1.29, 1.82) is 0 Å². The van der Waals surface area contributed by atoms with E-state index in [1.807, 2.05) is 23.1 Å². The minimum atomic E-state index is -0.427. The molecular weight excluding hydrogens is 384 g/mol. The van der Waals surface area contributed by atoms with Gasteiger partial charge in [-0.3, -0.25) is 14.9 Å². The number of pyridine rings is 1. The number of imidazole rings is 1. The van der Waals surface area contributed by atoms with Crippen molar-refractivity contribution in [3.8, 4) is 0 Å². The number of nitrogens with one attached hydrogen (secondary N) is 1. The number of aromatic nitrogens is 3. The van der Waals surface area contributed by atoms with Crippen LogP contribution in [0.2, 0.25) is 0 Å². The van der Waals surface area contributed by atoms with Crippen LogP contribution in [-0.4, -0.2) is 44.9 Å². The lowest BCUT2D eigenvalue weighted by molar-refractivity contribution is -0.384. The summed E-state index contributed by atoms with van der Waals surface area (Å²) in [5.74, 6) is 1.08. The molecule has 0 aliphatic carbocycles. The number of hydrogen-bond donors (Lipinski definition) is 1. The van der Waals surface area contributed by atoms with Gasteiger partial charge in [0.2, 0.25) is 5.78 Å². The predicted molar refractivity (Wildman–Crippen MR) is 113 cm³/mol. The first-order valence-electron chi connectivity index (χ1n) is 9.73. The van der Waals surface area contributed by atoms with Crippen LogP contribution >= 0.6 is 0 Å². The summed E-state index contributed by atoms with van der Waals surface area (Å²) < 4.78 is 1.60. The molecule has 9 heteroatoms. The minimum absolute atomic E-state index is 0.0617. The van der Waals surface area contributed by atoms with E-state index in [1.165, 1.54) is 12.3 Å². The van der Waals surface area contributed by atoms with Gasteiger partial charge < -0.3 is 14.8 Å². The van der Waals surface area contributed by atoms with Crippen molar-refractivity contribution in [3.05, 3.63) is 76.5 Å². The number of nitrogens with zero attached hydrogens (tertiary/aromatic N) is 5. The van der Waals surface area contributed by atoms with Crippen LogP contribution < -0.4 is 10.2 Å². The van der Waals surface area contributed by atoms with E-state index >= 15 is 0 Å². The van der Waals surface area contributed by atoms with E-state index in [1.54, 1.807) is 36.1 Å². The highest BCUT2D eigenvalue weighted by molar-refractivity contribution is 6.07. The number of nitro benzene ring substituents is 1. The van der Waals surface area contributed by atoms with Gasteiger partial charge in [-0.15, -0.1) is 0 Å². The van der Waals surface area contributed by atoms with E-state index < -0.39 is 4.92 Å². The molecule has 0 radical (unpaired) electrons. The Hall–Kier alpha value is -3.75. The molecule has 1 aliphatic rings. The number of aryl methyl sites for hydroxylation is 1. The number of rotatable bonds is 7. The fourth-order valence-electron chi connectivity index (χ4n) is 3.73. The van der Waals surface area contributed by atoms with Crippen molar-refractivity contribution >= 4 is 23.0 Å². The van der Waals surface area contributed by atoms with Crippen molar-refractivity contribution < 1.29 is 9.72 Å². The molecule has 1 aromatic carbocycles. The molecule has 2 aromatic heterocycles. The molecule has 0 saturated carbocycles. The quantitative estimate of drug-likeness (QED) is 0.365. The summed E-state index contributed by atoms with van der Waals surface area (Å²) in [6, 6.07) is 10.4. The average molecular weight is 406 g/mol. The third-order valence-corrected chi connectivity index (χ3v) is 5.32. The summed E-state index contributed by atoms with van der Waals surface area (Å²) in [7, 11) is 1.71. The highest BCUT2D eigenvalue weighted by Gasteiger charge is 2.29. The van der Waals surface area contributed by atoms with Gasteiger partial charge in [0.05, 0.1) is 4.92 Å². The zero-order chi connectivity index (χ0) is 21.1. The summed E-state index contributed by atoms with van der Waals surface area (Å²) in [6.07, 6.45) is 5.85. The van der Waals surface area contributed by atoms with Crippen LogP contribution in [0.25, 0.3) is 0 Å². The molecule has 1 saturated heterocycles. The van der Waals surface area contributed by atoms with Gasteiger partial charge in [-0.05, 0) is 36.6 Å². The Morgan fingerprint density at radius 1 is 1.27 bits per heavy atom. The van der Waals surface area contributed by atoms with Gasteiger partial charge in [-0.25, -0.2) is 9.97 Å². The number of benzene rings is 1. The van der Waals surface area contributed by atoms with Crippen molar-refractivity contribution in [1.82, 2.24) is 14.5 Å². The van der Waals surface area contributed by atoms with Crippen LogP contribution in [0.15, 0.2) is 55.0 Å². The fourth-order valence-corrected chi connectivity index (χ4v) is 3.73. The molecule has 0 amide bonds. The molecule has 154 valence electrons. The summed E-state index contributed by atoms with van der Waals surface area (Å²) in [5.41, 5.74) is 0.734. The zero-order valence-electron chi connectivity index (χ0n) is 16.6. The SMILES string of the molecule is Cn1ccnc1C(=O)c1ccc(N2CCC(CNc3ccccn3)C2)c([N+](=O)[O-])c1. The Kier molecular flexibility index (Phi) is 5.42. The van der Waals surface area contributed by atoms with Crippen LogP contribution in [0.1, 0.15) is 22.6 Å². The normalized spacial score (nSPS) is 15.9. The molecule has 9 nitrogen and oxygen atoms in total. The van der Waals surface area contributed by atoms with Gasteiger partial charge in [0.1, 0.15) is 11.5 Å². The standard InChI is InChI=1S/C21H22N6O3/c1-25-11-9-23-21(25)20(28)16-5-6-17(18(12-16)27(29)30)26-10-7-15(14-26)13-24-19-4-2-3-8-22-19/h2-6,8-9,11-12,15H,7,10,13-14H2,1H3,(H,22,24). The number of nitro groups is 1. The Bertz CT molecular complexity index is 1070. The second-order valence-corrected chi connectivity index (χ2v) is 7.35. The number of carbonyl (C=O) groups is 1. The summed E-state index contributed by atoms with van der Waals surface area (Å²) >= 11 is 0. The first-order valence-corrected chi connectivity index (χ1v) is 9.73. The van der Waals surface area contributed by atoms with E-state index in [9.17, 15) is 14.9 Å². The molecule has 30 heavy (non-hydrogen) atoms. The summed E-state index contributed by atoms with van der Waals surface area (Å²) in [5, 5.41) is 15.0. The largest absolute Gasteiger partial charge is 0.370 e. The van der Waals surface area contributed by atoms with E-state index in [-0.39, 0.29) is 22.9 Å². The first kappa shape index (κ1) is 19.6. The molecule has 3 heterocycles. The molecule has 1 atom stereocenters. The predicted octanol–water partition coefficient (Wildman–Crippen LogP) is 2.89. The van der Waals surface area contributed by atoms with Crippen LogP contribution in [-0.2, 0) is 7.05 Å². The van der Waals surface area contributed by atoms with E-state index in [0.29, 0.717) is 18.2 Å². The maximum absolute atomic E-state index is 12.7. The summed E-state index contributed by atoms with van der Waals surface area (Å²) in [4.78, 5) is 34.3. The van der Waals surface area contributed by atoms with Gasteiger partial charge in [0, 0.05) is 56.9 Å². The Balaban J connectivity index is 1.49. The molecular formula is C21H22N6O3. The molecule has 1 fully saturated rings. The number of carbonyl (C=O) groups excluding carboxylic acids is 1. The van der Waals surface area contributed by atoms with Crippen molar-refractivity contribution in [2.75, 3.05) is 29.9 Å². The monoisotopic (exact) mass is 406 g/mol. The van der Waals surface area contributed by atoms with Gasteiger partial charge in [0.15, 0.2) is 5.82 Å². The number of hydrogen-bond acceptors (Lipinski definition) is 7. The van der Waals surface area contributed by atoms with Gasteiger partial charge >= 0.3 is 0 Å². The maximum Gasteiger partial charge on any atom is 0.293 e. The average Bonchev–Trinajstić information content (AvgIpc) is 3.41. The maximum atomic E-state index is 12.7. The molecule has 1 unspecified atom stereocenters. The molecule has 1 aliphatic heterocycles. The van der Waals surface area contributed by atoms with Crippen molar-refractivity contribution in [3.63, 3.8) is 0 Å². The van der Waals surface area contributed by atoms with Crippen molar-refractivity contribution in [2.45, 2.75) is 6.42 Å². The van der Waals surface area contributed by atoms with Crippen LogP contribution in [0.4, 0.5) is 17.2 Å². The van der Waals surface area contributed by atoms with Crippen LogP contribution in [0.5, 0.6) is 0 Å². The Morgan fingerprint density at radius 3 is 2.83 bits per heavy atom. The van der Waals surface area contributed by atoms with E-state index in [0.717, 1.165) is 25.3 Å². The summed E-state index contributed by atoms with van der Waals surface area (Å²) in [6.45, 7) is 2.17. The van der Waals surface area contributed by atoms with E-state index in [2.05, 4.69) is 15.3 Å². The lowest BCUT2D eigenvalue weighted by Crippen LogP contribution is -2.23. The molecule has 0 spiro atoms. The van der Waals surface area contributed by atoms with Gasteiger partial charge in [0.25, 0.3) is 5.69 Å². The van der Waals surface area contributed by atoms with Crippen LogP contribution in [0.3, 0.4) is 0 Å². The smallest absolute Gasteiger partial charge is 0.293 e.